The van der Waals surface area contributed by atoms with E-state index in [1.54, 1.807) is 0 Å². The second kappa shape index (κ2) is 2.71. The molecule has 0 spiro atoms. The molecular formula is C3H5F2I. The molecule has 0 rings (SSSR count). The highest BCUT2D eigenvalue weighted by molar-refractivity contribution is 14.1. The van der Waals surface area contributed by atoms with Crippen LogP contribution in [0, 0.1) is 0 Å². The summed E-state index contributed by atoms with van der Waals surface area (Å²) in [6.07, 6.45) is -1.33. The van der Waals surface area contributed by atoms with Crippen LogP contribution in [0.1, 0.15) is 6.92 Å². The van der Waals surface area contributed by atoms with Gasteiger partial charge in [-0.1, -0.05) is 0 Å². The fourth-order valence-corrected chi connectivity index (χ4v) is 0. The van der Waals surface area contributed by atoms with Crippen molar-refractivity contribution in [2.75, 3.05) is 0 Å². The molecule has 0 nitrogen and oxygen atoms in total. The van der Waals surface area contributed by atoms with Crippen LogP contribution in [-0.2, 0) is 0 Å². The summed E-state index contributed by atoms with van der Waals surface area (Å²) in [6, 6.07) is 0. The number of hydrogen-bond donors (Lipinski definition) is 0. The van der Waals surface area contributed by atoms with Crippen molar-refractivity contribution in [3.8, 4) is 0 Å². The molecule has 0 radical (unpaired) electrons. The molecule has 0 amide bonds. The van der Waals surface area contributed by atoms with Gasteiger partial charge in [-0.25, -0.2) is 8.78 Å². The Morgan fingerprint density at radius 3 is 1.67 bits per heavy atom. The van der Waals surface area contributed by atoms with E-state index < -0.39 is 10.4 Å². The van der Waals surface area contributed by atoms with Crippen LogP contribution in [0.4, 0.5) is 8.78 Å². The van der Waals surface area contributed by atoms with Crippen LogP contribution in [0.2, 0.25) is 0 Å². The lowest BCUT2D eigenvalue weighted by atomic mass is 10.5. The predicted octanol–water partition coefficient (Wildman–Crippen LogP) is 2.08. The van der Waals surface area contributed by atoms with E-state index in [0.29, 0.717) is 0 Å². The summed E-state index contributed by atoms with van der Waals surface area (Å²) in [5, 5.41) is 0. The zero-order chi connectivity index (χ0) is 5.15. The van der Waals surface area contributed by atoms with Gasteiger partial charge < -0.3 is 0 Å². The van der Waals surface area contributed by atoms with E-state index in [2.05, 4.69) is 0 Å². The normalized spacial score (nSPS) is 20.0. The van der Waals surface area contributed by atoms with Gasteiger partial charge in [0.1, 0.15) is 6.17 Å². The number of halogens is 3. The Balaban J connectivity index is 2.99. The van der Waals surface area contributed by atoms with Gasteiger partial charge in [-0.15, -0.1) is 0 Å². The minimum Gasteiger partial charge on any atom is -0.244 e. The van der Waals surface area contributed by atoms with Crippen molar-refractivity contribution in [1.29, 1.82) is 0 Å². The van der Waals surface area contributed by atoms with Gasteiger partial charge in [0.25, 0.3) is 0 Å². The molecular weight excluding hydrogens is 201 g/mol. The Hall–Kier alpha value is 0.590. The molecule has 2 atom stereocenters. The van der Waals surface area contributed by atoms with Crippen LogP contribution in [-0.4, -0.2) is 10.4 Å². The van der Waals surface area contributed by atoms with Crippen LogP contribution in [0.5, 0.6) is 0 Å². The molecule has 0 heterocycles. The van der Waals surface area contributed by atoms with Crippen LogP contribution in [0.25, 0.3) is 0 Å². The lowest BCUT2D eigenvalue weighted by Crippen LogP contribution is -2.02. The standard InChI is InChI=1S/C3H5F2I/c1-2(4)3(5)6/h2-3H,1H3. The molecule has 0 N–H and O–H groups in total. The van der Waals surface area contributed by atoms with Crippen LogP contribution < -0.4 is 0 Å². The maximum atomic E-state index is 11.4. The van der Waals surface area contributed by atoms with Crippen LogP contribution in [0.15, 0.2) is 0 Å². The lowest BCUT2D eigenvalue weighted by molar-refractivity contribution is 0.267. The molecule has 0 aromatic rings. The zero-order valence-corrected chi connectivity index (χ0v) is 5.45. The van der Waals surface area contributed by atoms with Crippen molar-refractivity contribution in [2.45, 2.75) is 17.3 Å². The fourth-order valence-electron chi connectivity index (χ4n) is 0. The third-order valence-electron chi connectivity index (χ3n) is 0.347. The van der Waals surface area contributed by atoms with Gasteiger partial charge in [0.05, 0.1) is 0 Å². The molecule has 0 saturated heterocycles. The van der Waals surface area contributed by atoms with Gasteiger partial charge in [-0.2, -0.15) is 0 Å². The van der Waals surface area contributed by atoms with E-state index in [1.807, 2.05) is 0 Å². The molecule has 0 aromatic heterocycles. The fraction of sp³-hybridized carbons (Fsp3) is 1.00. The van der Waals surface area contributed by atoms with Crippen molar-refractivity contribution < 1.29 is 8.78 Å². The predicted molar refractivity (Wildman–Crippen MR) is 29.5 cm³/mol. The first-order valence-electron chi connectivity index (χ1n) is 1.57. The Labute approximate surface area is 49.1 Å². The van der Waals surface area contributed by atoms with Gasteiger partial charge >= 0.3 is 0 Å². The van der Waals surface area contributed by atoms with E-state index in [9.17, 15) is 8.78 Å². The number of hydrogen-bond acceptors (Lipinski definition) is 0. The van der Waals surface area contributed by atoms with E-state index >= 15 is 0 Å². The molecule has 0 aliphatic rings. The highest BCUT2D eigenvalue weighted by Gasteiger charge is 2.07. The number of alkyl halides is 3. The van der Waals surface area contributed by atoms with Crippen molar-refractivity contribution in [3.05, 3.63) is 0 Å². The van der Waals surface area contributed by atoms with Gasteiger partial charge in [0.2, 0.25) is 0 Å². The van der Waals surface area contributed by atoms with E-state index in [0.717, 1.165) is 0 Å². The Kier molecular flexibility index (Phi) is 2.98. The molecule has 0 bridgehead atoms. The quantitative estimate of drug-likeness (QED) is 0.455. The summed E-state index contributed by atoms with van der Waals surface area (Å²) in [6.45, 7) is 1.19. The van der Waals surface area contributed by atoms with E-state index in [1.165, 1.54) is 29.5 Å². The molecule has 0 aliphatic carbocycles. The molecule has 0 saturated carbocycles. The average molecular weight is 206 g/mol. The minimum absolute atomic E-state index is 1.19. The number of rotatable bonds is 1. The van der Waals surface area contributed by atoms with Crippen molar-refractivity contribution in [1.82, 2.24) is 0 Å². The molecule has 3 heteroatoms. The summed E-state index contributed by atoms with van der Waals surface area (Å²) in [7, 11) is 0. The molecule has 2 unspecified atom stereocenters. The van der Waals surface area contributed by atoms with Gasteiger partial charge in [-0.3, -0.25) is 0 Å². The Morgan fingerprint density at radius 2 is 1.67 bits per heavy atom. The maximum Gasteiger partial charge on any atom is 0.181 e. The van der Waals surface area contributed by atoms with E-state index in [4.69, 9.17) is 0 Å². The SMILES string of the molecule is CC(F)C(F)I. The second-order valence-corrected chi connectivity index (χ2v) is 2.20. The van der Waals surface area contributed by atoms with Crippen LogP contribution >= 0.6 is 22.6 Å². The molecule has 0 aromatic carbocycles. The van der Waals surface area contributed by atoms with Crippen LogP contribution in [0.3, 0.4) is 0 Å². The van der Waals surface area contributed by atoms with Gasteiger partial charge in [0.15, 0.2) is 4.18 Å². The largest absolute Gasteiger partial charge is 0.244 e. The molecule has 0 fully saturated rings. The first kappa shape index (κ1) is 6.59. The molecule has 38 valence electrons. The monoisotopic (exact) mass is 206 g/mol. The van der Waals surface area contributed by atoms with Gasteiger partial charge in [0, 0.05) is 0 Å². The maximum absolute atomic E-state index is 11.4. The van der Waals surface area contributed by atoms with Crippen molar-refractivity contribution in [2.24, 2.45) is 0 Å². The summed E-state index contributed by atoms with van der Waals surface area (Å²) in [5.74, 6) is 0. The summed E-state index contributed by atoms with van der Waals surface area (Å²) < 4.78 is 21.5. The first-order valence-corrected chi connectivity index (χ1v) is 2.81. The topological polar surface area (TPSA) is 0 Å². The molecule has 0 aliphatic heterocycles. The van der Waals surface area contributed by atoms with Gasteiger partial charge in [-0.05, 0) is 29.5 Å². The highest BCUT2D eigenvalue weighted by atomic mass is 127. The Bertz CT molecular complexity index is 29.8. The highest BCUT2D eigenvalue weighted by Crippen LogP contribution is 2.09. The third-order valence-corrected chi connectivity index (χ3v) is 1.34. The summed E-state index contributed by atoms with van der Waals surface area (Å²) >= 11 is 1.39. The lowest BCUT2D eigenvalue weighted by Gasteiger charge is -1.95. The summed E-state index contributed by atoms with van der Waals surface area (Å²) in [5.41, 5.74) is 0. The third kappa shape index (κ3) is 2.81. The van der Waals surface area contributed by atoms with Crippen molar-refractivity contribution >= 4 is 22.6 Å². The van der Waals surface area contributed by atoms with Crippen molar-refractivity contribution in [3.63, 3.8) is 0 Å². The zero-order valence-electron chi connectivity index (χ0n) is 3.29. The first-order chi connectivity index (χ1) is 2.64. The minimum atomic E-state index is -1.34. The Morgan fingerprint density at radius 1 is 1.50 bits per heavy atom. The average Bonchev–Trinajstić information content (AvgIpc) is 1.36. The summed E-state index contributed by atoms with van der Waals surface area (Å²) in [4.78, 5) is 0. The second-order valence-electron chi connectivity index (χ2n) is 1.01. The van der Waals surface area contributed by atoms with E-state index in [-0.39, 0.29) is 0 Å². The smallest absolute Gasteiger partial charge is 0.181 e. The molecule has 6 heavy (non-hydrogen) atoms.